The number of hydrogen-bond acceptors (Lipinski definition) is 7. The van der Waals surface area contributed by atoms with E-state index in [1.54, 1.807) is 21.6 Å². The first-order valence-corrected chi connectivity index (χ1v) is 9.07. The van der Waals surface area contributed by atoms with E-state index in [2.05, 4.69) is 9.88 Å². The molecule has 0 radical (unpaired) electrons. The third kappa shape index (κ3) is 3.77. The summed E-state index contributed by atoms with van der Waals surface area (Å²) in [5.74, 6) is 0.327. The van der Waals surface area contributed by atoms with Crippen LogP contribution in [0.5, 0.6) is 11.8 Å². The van der Waals surface area contributed by atoms with E-state index in [1.807, 2.05) is 25.1 Å². The average Bonchev–Trinajstić information content (AvgIpc) is 3.18. The number of rotatable bonds is 4. The number of carbonyl (C=O) groups is 1. The lowest BCUT2D eigenvalue weighted by atomic mass is 10.1. The number of nitro groups is 1. The summed E-state index contributed by atoms with van der Waals surface area (Å²) in [5.41, 5.74) is -0.510. The van der Waals surface area contributed by atoms with Crippen LogP contribution in [-0.2, 0) is 6.54 Å². The zero-order valence-electron chi connectivity index (χ0n) is 15.5. The smallest absolute Gasteiger partial charge is 0.415 e. The molecule has 1 unspecified atom stereocenters. The molecule has 1 amide bonds. The van der Waals surface area contributed by atoms with Crippen LogP contribution in [0.15, 0.2) is 36.5 Å². The molecule has 0 bridgehead atoms. The Bertz CT molecular complexity index is 852. The van der Waals surface area contributed by atoms with Gasteiger partial charge in [-0.1, -0.05) is 18.2 Å². The van der Waals surface area contributed by atoms with E-state index in [0.717, 1.165) is 0 Å². The van der Waals surface area contributed by atoms with Crippen molar-refractivity contribution < 1.29 is 19.2 Å². The van der Waals surface area contributed by atoms with Gasteiger partial charge in [-0.3, -0.25) is 9.47 Å². The minimum atomic E-state index is -0.528. The maximum absolute atomic E-state index is 12.3. The Balaban J connectivity index is 1.28. The molecule has 0 aliphatic carbocycles. The number of hydrogen-bond donors (Lipinski definition) is 0. The van der Waals surface area contributed by atoms with Gasteiger partial charge >= 0.3 is 17.9 Å². The number of nitrogens with zero attached hydrogens (tertiary/aromatic N) is 5. The highest BCUT2D eigenvalue weighted by molar-refractivity contribution is 5.70. The number of carbonyl (C=O) groups excluding carboxylic acids is 1. The van der Waals surface area contributed by atoms with E-state index in [0.29, 0.717) is 45.0 Å². The summed E-state index contributed by atoms with van der Waals surface area (Å²) in [4.78, 5) is 30.4. The van der Waals surface area contributed by atoms with E-state index in [4.69, 9.17) is 9.47 Å². The third-order valence-corrected chi connectivity index (χ3v) is 4.89. The van der Waals surface area contributed by atoms with Gasteiger partial charge in [-0.25, -0.2) is 4.79 Å². The molecule has 1 atom stereocenters. The zero-order chi connectivity index (χ0) is 19.7. The Labute approximate surface area is 161 Å². The van der Waals surface area contributed by atoms with Crippen LogP contribution in [0.25, 0.3) is 0 Å². The normalized spacial score (nSPS) is 21.8. The molecule has 2 aliphatic rings. The topological polar surface area (TPSA) is 103 Å². The standard InChI is InChI=1S/C18H21N5O5/c1-18(13-22-11-15(23(25)26)19-16(22)28-18)12-20-7-9-21(10-8-20)17(24)27-14-5-3-2-4-6-14/h2-6,11H,7-10,12-13H2,1H3. The van der Waals surface area contributed by atoms with Gasteiger partial charge in [-0.2, -0.15) is 0 Å². The third-order valence-electron chi connectivity index (χ3n) is 4.89. The molecule has 0 saturated carbocycles. The Hall–Kier alpha value is -3.14. The first kappa shape index (κ1) is 18.2. The van der Waals surface area contributed by atoms with Crippen LogP contribution in [0.1, 0.15) is 6.92 Å². The molecule has 0 spiro atoms. The minimum absolute atomic E-state index is 0.206. The molecular weight excluding hydrogens is 366 g/mol. The number of imidazole rings is 1. The Morgan fingerprint density at radius 1 is 1.29 bits per heavy atom. The molecule has 0 N–H and O–H groups in total. The summed E-state index contributed by atoms with van der Waals surface area (Å²) in [6.45, 7) is 5.64. The number of fused-ring (bicyclic) bond motifs is 1. The van der Waals surface area contributed by atoms with Crippen LogP contribution < -0.4 is 9.47 Å². The quantitative estimate of drug-likeness (QED) is 0.582. The number of amides is 1. The van der Waals surface area contributed by atoms with Crippen molar-refractivity contribution in [2.24, 2.45) is 0 Å². The average molecular weight is 387 g/mol. The molecule has 1 aromatic heterocycles. The van der Waals surface area contributed by atoms with E-state index < -0.39 is 10.5 Å². The largest absolute Gasteiger partial charge is 0.436 e. The first-order chi connectivity index (χ1) is 13.4. The second kappa shape index (κ2) is 7.12. The van der Waals surface area contributed by atoms with Crippen LogP contribution in [0.2, 0.25) is 0 Å². The fourth-order valence-electron chi connectivity index (χ4n) is 3.58. The van der Waals surface area contributed by atoms with Gasteiger partial charge in [0.25, 0.3) is 0 Å². The number of piperazine rings is 1. The van der Waals surface area contributed by atoms with Crippen molar-refractivity contribution in [3.63, 3.8) is 0 Å². The Morgan fingerprint density at radius 2 is 2.00 bits per heavy atom. The van der Waals surface area contributed by atoms with Crippen LogP contribution in [0.3, 0.4) is 0 Å². The second-order valence-corrected chi connectivity index (χ2v) is 7.26. The number of ether oxygens (including phenoxy) is 2. The summed E-state index contributed by atoms with van der Waals surface area (Å²) >= 11 is 0. The SMILES string of the molecule is CC1(CN2CCN(C(=O)Oc3ccccc3)CC2)Cn2cc([N+](=O)[O-])nc2O1. The molecule has 10 nitrogen and oxygen atoms in total. The highest BCUT2D eigenvalue weighted by Crippen LogP contribution is 2.31. The van der Waals surface area contributed by atoms with Crippen molar-refractivity contribution in [2.45, 2.75) is 19.1 Å². The maximum Gasteiger partial charge on any atom is 0.415 e. The fraction of sp³-hybridized carbons (Fsp3) is 0.444. The summed E-state index contributed by atoms with van der Waals surface area (Å²) in [6, 6.07) is 9.29. The lowest BCUT2D eigenvalue weighted by molar-refractivity contribution is -0.389. The van der Waals surface area contributed by atoms with Gasteiger partial charge in [0.2, 0.25) is 0 Å². The molecule has 4 rings (SSSR count). The molecule has 1 fully saturated rings. The van der Waals surface area contributed by atoms with Crippen LogP contribution >= 0.6 is 0 Å². The maximum atomic E-state index is 12.3. The second-order valence-electron chi connectivity index (χ2n) is 7.26. The van der Waals surface area contributed by atoms with E-state index in [1.165, 1.54) is 6.20 Å². The van der Waals surface area contributed by atoms with Gasteiger partial charge < -0.3 is 24.5 Å². The lowest BCUT2D eigenvalue weighted by Gasteiger charge is -2.37. The number of benzene rings is 1. The van der Waals surface area contributed by atoms with E-state index in [9.17, 15) is 14.9 Å². The van der Waals surface area contributed by atoms with Crippen molar-refractivity contribution in [3.8, 4) is 11.8 Å². The molecule has 2 aromatic rings. The Morgan fingerprint density at radius 3 is 2.64 bits per heavy atom. The van der Waals surface area contributed by atoms with E-state index >= 15 is 0 Å². The molecule has 148 valence electrons. The molecule has 2 aliphatic heterocycles. The monoisotopic (exact) mass is 387 g/mol. The molecular formula is C18H21N5O5. The fourth-order valence-corrected chi connectivity index (χ4v) is 3.58. The van der Waals surface area contributed by atoms with Gasteiger partial charge in [-0.15, -0.1) is 0 Å². The minimum Gasteiger partial charge on any atom is -0.436 e. The van der Waals surface area contributed by atoms with Gasteiger partial charge in [0.1, 0.15) is 17.5 Å². The van der Waals surface area contributed by atoms with Crippen molar-refractivity contribution in [1.29, 1.82) is 0 Å². The highest BCUT2D eigenvalue weighted by Gasteiger charge is 2.42. The van der Waals surface area contributed by atoms with Crippen molar-refractivity contribution in [3.05, 3.63) is 46.6 Å². The van der Waals surface area contributed by atoms with Crippen molar-refractivity contribution in [2.75, 3.05) is 32.7 Å². The predicted octanol–water partition coefficient (Wildman–Crippen LogP) is 1.76. The van der Waals surface area contributed by atoms with Crippen LogP contribution in [0, 0.1) is 10.1 Å². The zero-order valence-corrected chi connectivity index (χ0v) is 15.5. The molecule has 28 heavy (non-hydrogen) atoms. The summed E-state index contributed by atoms with van der Waals surface area (Å²) < 4.78 is 12.9. The highest BCUT2D eigenvalue weighted by atomic mass is 16.6. The van der Waals surface area contributed by atoms with Crippen LogP contribution in [-0.4, -0.2) is 68.7 Å². The van der Waals surface area contributed by atoms with Gasteiger partial charge in [0, 0.05) is 37.7 Å². The van der Waals surface area contributed by atoms with Crippen molar-refractivity contribution in [1.82, 2.24) is 19.4 Å². The van der Waals surface area contributed by atoms with Crippen molar-refractivity contribution >= 4 is 11.9 Å². The molecule has 3 heterocycles. The number of para-hydroxylation sites is 1. The Kier molecular flexibility index (Phi) is 4.63. The lowest BCUT2D eigenvalue weighted by Crippen LogP contribution is -2.54. The number of aromatic nitrogens is 2. The van der Waals surface area contributed by atoms with Crippen LogP contribution in [0.4, 0.5) is 10.6 Å². The molecule has 10 heteroatoms. The summed E-state index contributed by atoms with van der Waals surface area (Å²) in [7, 11) is 0. The predicted molar refractivity (Wildman–Crippen MR) is 98.4 cm³/mol. The summed E-state index contributed by atoms with van der Waals surface area (Å²) in [6.07, 6.45) is 1.06. The van der Waals surface area contributed by atoms with E-state index in [-0.39, 0.29) is 17.9 Å². The van der Waals surface area contributed by atoms with Gasteiger partial charge in [-0.05, 0) is 24.0 Å². The van der Waals surface area contributed by atoms with Gasteiger partial charge in [0.15, 0.2) is 0 Å². The van der Waals surface area contributed by atoms with Gasteiger partial charge in [0.05, 0.1) is 6.54 Å². The first-order valence-electron chi connectivity index (χ1n) is 9.07. The summed E-state index contributed by atoms with van der Waals surface area (Å²) in [5, 5.41) is 10.8. The molecule has 1 saturated heterocycles. The molecule has 1 aromatic carbocycles.